The molecule has 0 aromatic heterocycles. The van der Waals surface area contributed by atoms with Crippen molar-refractivity contribution in [3.8, 4) is 5.75 Å². The molecule has 0 aliphatic heterocycles. The summed E-state index contributed by atoms with van der Waals surface area (Å²) in [5, 5.41) is 9.09. The summed E-state index contributed by atoms with van der Waals surface area (Å²) in [6.07, 6.45) is 0. The van der Waals surface area contributed by atoms with Crippen LogP contribution in [-0.2, 0) is 6.61 Å². The predicted molar refractivity (Wildman–Crippen MR) is 76.8 cm³/mol. The SMILES string of the molecule is O=C(O)c1ccc(COc2cc(Br)ccc2F)c(Cl)c1. The predicted octanol–water partition coefficient (Wildman–Crippen LogP) is 4.52. The summed E-state index contributed by atoms with van der Waals surface area (Å²) in [6.45, 7) is 0.0477. The number of carbonyl (C=O) groups is 1. The minimum atomic E-state index is -1.06. The lowest BCUT2D eigenvalue weighted by Gasteiger charge is -2.09. The molecule has 0 saturated carbocycles. The Balaban J connectivity index is 2.15. The minimum Gasteiger partial charge on any atom is -0.486 e. The van der Waals surface area contributed by atoms with E-state index in [9.17, 15) is 9.18 Å². The van der Waals surface area contributed by atoms with Crippen molar-refractivity contribution in [2.24, 2.45) is 0 Å². The number of carboxylic acid groups (broad SMARTS) is 1. The third-order valence-electron chi connectivity index (χ3n) is 2.58. The molecule has 1 N–H and O–H groups in total. The number of hydrogen-bond acceptors (Lipinski definition) is 2. The van der Waals surface area contributed by atoms with Crippen LogP contribution in [0.3, 0.4) is 0 Å². The molecule has 0 heterocycles. The Bertz CT molecular complexity index is 661. The molecule has 0 unspecified atom stereocenters. The Morgan fingerprint density at radius 1 is 1.30 bits per heavy atom. The second kappa shape index (κ2) is 6.24. The molecule has 2 aromatic carbocycles. The maximum atomic E-state index is 13.5. The van der Waals surface area contributed by atoms with Crippen molar-refractivity contribution in [1.82, 2.24) is 0 Å². The van der Waals surface area contributed by atoms with Crippen LogP contribution in [0.15, 0.2) is 40.9 Å². The zero-order valence-electron chi connectivity index (χ0n) is 10.1. The van der Waals surface area contributed by atoms with Gasteiger partial charge in [0, 0.05) is 15.1 Å². The first kappa shape index (κ1) is 14.8. The molecule has 0 spiro atoms. The average Bonchev–Trinajstić information content (AvgIpc) is 2.40. The van der Waals surface area contributed by atoms with Crippen molar-refractivity contribution in [2.45, 2.75) is 6.61 Å². The van der Waals surface area contributed by atoms with Gasteiger partial charge in [-0.3, -0.25) is 0 Å². The second-order valence-corrected chi connectivity index (χ2v) is 5.30. The Morgan fingerprint density at radius 3 is 2.70 bits per heavy atom. The van der Waals surface area contributed by atoms with Crippen molar-refractivity contribution in [1.29, 1.82) is 0 Å². The lowest BCUT2D eigenvalue weighted by Crippen LogP contribution is -2.01. The summed E-state index contributed by atoms with van der Waals surface area (Å²) in [4.78, 5) is 10.8. The number of ether oxygens (including phenoxy) is 1. The highest BCUT2D eigenvalue weighted by Gasteiger charge is 2.09. The number of rotatable bonds is 4. The van der Waals surface area contributed by atoms with E-state index in [1.54, 1.807) is 12.1 Å². The van der Waals surface area contributed by atoms with Crippen LogP contribution in [0.5, 0.6) is 5.75 Å². The van der Waals surface area contributed by atoms with Gasteiger partial charge < -0.3 is 9.84 Å². The summed E-state index contributed by atoms with van der Waals surface area (Å²) in [5.74, 6) is -1.44. The molecule has 6 heteroatoms. The zero-order chi connectivity index (χ0) is 14.7. The van der Waals surface area contributed by atoms with Gasteiger partial charge in [-0.15, -0.1) is 0 Å². The molecule has 2 aromatic rings. The molecule has 104 valence electrons. The fraction of sp³-hybridized carbons (Fsp3) is 0.0714. The van der Waals surface area contributed by atoms with E-state index in [1.807, 2.05) is 0 Å². The first-order chi connectivity index (χ1) is 9.47. The van der Waals surface area contributed by atoms with Gasteiger partial charge in [0.2, 0.25) is 0 Å². The molecule has 0 amide bonds. The fourth-order valence-corrected chi connectivity index (χ4v) is 2.12. The van der Waals surface area contributed by atoms with E-state index >= 15 is 0 Å². The van der Waals surface area contributed by atoms with Crippen LogP contribution < -0.4 is 4.74 Å². The second-order valence-electron chi connectivity index (χ2n) is 3.97. The summed E-state index contributed by atoms with van der Waals surface area (Å²) >= 11 is 9.19. The first-order valence-corrected chi connectivity index (χ1v) is 6.74. The van der Waals surface area contributed by atoms with Gasteiger partial charge >= 0.3 is 5.97 Å². The molecule has 0 aliphatic rings. The normalized spacial score (nSPS) is 10.3. The van der Waals surface area contributed by atoms with E-state index in [0.717, 1.165) is 0 Å². The molecule has 0 atom stereocenters. The fourth-order valence-electron chi connectivity index (χ4n) is 1.54. The highest BCUT2D eigenvalue weighted by atomic mass is 79.9. The van der Waals surface area contributed by atoms with E-state index in [-0.39, 0.29) is 22.9 Å². The molecular weight excluding hydrogens is 351 g/mol. The molecular formula is C14H9BrClFO3. The summed E-state index contributed by atoms with van der Waals surface area (Å²) in [6, 6.07) is 8.66. The zero-order valence-corrected chi connectivity index (χ0v) is 12.4. The highest BCUT2D eigenvalue weighted by Crippen LogP contribution is 2.25. The van der Waals surface area contributed by atoms with Crippen molar-refractivity contribution in [3.63, 3.8) is 0 Å². The quantitative estimate of drug-likeness (QED) is 0.873. The Morgan fingerprint density at radius 2 is 2.05 bits per heavy atom. The maximum Gasteiger partial charge on any atom is 0.335 e. The number of aromatic carboxylic acids is 1. The van der Waals surface area contributed by atoms with Crippen LogP contribution in [0.25, 0.3) is 0 Å². The summed E-state index contributed by atoms with van der Waals surface area (Å²) < 4.78 is 19.5. The Hall–Kier alpha value is -1.59. The van der Waals surface area contributed by atoms with Crippen molar-refractivity contribution in [2.75, 3.05) is 0 Å². The molecule has 20 heavy (non-hydrogen) atoms. The maximum absolute atomic E-state index is 13.5. The first-order valence-electron chi connectivity index (χ1n) is 5.57. The summed E-state index contributed by atoms with van der Waals surface area (Å²) in [7, 11) is 0. The van der Waals surface area contributed by atoms with E-state index in [4.69, 9.17) is 21.4 Å². The van der Waals surface area contributed by atoms with Gasteiger partial charge in [-0.05, 0) is 30.3 Å². The van der Waals surface area contributed by atoms with Gasteiger partial charge in [-0.1, -0.05) is 33.6 Å². The molecule has 2 rings (SSSR count). The van der Waals surface area contributed by atoms with E-state index < -0.39 is 11.8 Å². The summed E-state index contributed by atoms with van der Waals surface area (Å²) in [5.41, 5.74) is 0.670. The molecule has 0 fully saturated rings. The van der Waals surface area contributed by atoms with Gasteiger partial charge in [-0.25, -0.2) is 9.18 Å². The van der Waals surface area contributed by atoms with Gasteiger partial charge in [0.1, 0.15) is 6.61 Å². The Kier molecular flexibility index (Phi) is 4.62. The van der Waals surface area contributed by atoms with Gasteiger partial charge in [0.25, 0.3) is 0 Å². The minimum absolute atomic E-state index is 0.0477. The van der Waals surface area contributed by atoms with Crippen LogP contribution in [0.4, 0.5) is 4.39 Å². The average molecular weight is 360 g/mol. The number of hydrogen-bond donors (Lipinski definition) is 1. The number of halogens is 3. The van der Waals surface area contributed by atoms with Crippen molar-refractivity contribution >= 4 is 33.5 Å². The van der Waals surface area contributed by atoms with E-state index in [2.05, 4.69) is 15.9 Å². The van der Waals surface area contributed by atoms with Crippen LogP contribution in [0.1, 0.15) is 15.9 Å². The molecule has 0 saturated heterocycles. The highest BCUT2D eigenvalue weighted by molar-refractivity contribution is 9.10. The van der Waals surface area contributed by atoms with Gasteiger partial charge in [0.15, 0.2) is 11.6 Å². The van der Waals surface area contributed by atoms with Crippen LogP contribution in [-0.4, -0.2) is 11.1 Å². The lowest BCUT2D eigenvalue weighted by atomic mass is 10.1. The van der Waals surface area contributed by atoms with E-state index in [0.29, 0.717) is 10.0 Å². The third-order valence-corrected chi connectivity index (χ3v) is 3.42. The van der Waals surface area contributed by atoms with Crippen LogP contribution in [0, 0.1) is 5.82 Å². The molecule has 0 radical (unpaired) electrons. The van der Waals surface area contributed by atoms with Gasteiger partial charge in [0.05, 0.1) is 5.56 Å². The third kappa shape index (κ3) is 3.49. The van der Waals surface area contributed by atoms with Crippen LogP contribution in [0.2, 0.25) is 5.02 Å². The molecule has 0 bridgehead atoms. The largest absolute Gasteiger partial charge is 0.486 e. The Labute approximate surface area is 128 Å². The molecule has 0 aliphatic carbocycles. The smallest absolute Gasteiger partial charge is 0.335 e. The van der Waals surface area contributed by atoms with Crippen molar-refractivity contribution in [3.05, 3.63) is 62.8 Å². The monoisotopic (exact) mass is 358 g/mol. The van der Waals surface area contributed by atoms with E-state index in [1.165, 1.54) is 24.3 Å². The number of benzene rings is 2. The van der Waals surface area contributed by atoms with Crippen molar-refractivity contribution < 1.29 is 19.0 Å². The van der Waals surface area contributed by atoms with Crippen LogP contribution >= 0.6 is 27.5 Å². The molecule has 3 nitrogen and oxygen atoms in total. The van der Waals surface area contributed by atoms with Gasteiger partial charge in [-0.2, -0.15) is 0 Å². The standard InChI is InChI=1S/C14H9BrClFO3/c15-10-3-4-12(17)13(6-10)20-7-9-2-1-8(14(18)19)5-11(9)16/h1-6H,7H2,(H,18,19). The topological polar surface area (TPSA) is 46.5 Å². The lowest BCUT2D eigenvalue weighted by molar-refractivity contribution is 0.0697. The number of carboxylic acids is 1.